The van der Waals surface area contributed by atoms with Gasteiger partial charge in [-0.1, -0.05) is 43.8 Å². The van der Waals surface area contributed by atoms with Crippen LogP contribution < -0.4 is 0 Å². The molecule has 6 nitrogen and oxygen atoms in total. The highest BCUT2D eigenvalue weighted by molar-refractivity contribution is 7.86. The Morgan fingerprint density at radius 3 is 0.952 bits per heavy atom. The van der Waals surface area contributed by atoms with Crippen LogP contribution in [0, 0.1) is 0 Å². The van der Waals surface area contributed by atoms with E-state index in [1.807, 2.05) is 0 Å². The van der Waals surface area contributed by atoms with E-state index in [2.05, 4.69) is 0 Å². The molecule has 2 aromatic rings. The third-order valence-electron chi connectivity index (χ3n) is 2.08. The van der Waals surface area contributed by atoms with Gasteiger partial charge in [0.05, 0.1) is 9.79 Å². The molecule has 0 aromatic heterocycles. The van der Waals surface area contributed by atoms with Gasteiger partial charge in [0.15, 0.2) is 0 Å². The van der Waals surface area contributed by atoms with Crippen LogP contribution in [-0.4, -0.2) is 25.9 Å². The molecule has 0 spiro atoms. The minimum atomic E-state index is -4.00. The van der Waals surface area contributed by atoms with Gasteiger partial charge in [0, 0.05) is 0 Å². The standard InChI is InChI=1S/2C6H6O3S.CH4/c2*7-10(8,9)6-4-2-1-3-5-6;/h2*1-5H,(H,7,8,9);1H4. The van der Waals surface area contributed by atoms with Crippen molar-refractivity contribution in [1.29, 1.82) is 0 Å². The molecule has 8 heteroatoms. The van der Waals surface area contributed by atoms with E-state index < -0.39 is 20.2 Å². The molecular formula is C13H16O6S2. The van der Waals surface area contributed by atoms with Gasteiger partial charge in [0.1, 0.15) is 0 Å². The summed E-state index contributed by atoms with van der Waals surface area (Å²) in [6, 6.07) is 14.8. The van der Waals surface area contributed by atoms with Gasteiger partial charge >= 0.3 is 0 Å². The fraction of sp³-hybridized carbons (Fsp3) is 0.0769. The average Bonchev–Trinajstić information content (AvgIpc) is 2.40. The number of rotatable bonds is 2. The molecule has 2 aromatic carbocycles. The van der Waals surface area contributed by atoms with Crippen molar-refractivity contribution in [2.45, 2.75) is 17.2 Å². The molecule has 0 saturated carbocycles. The molecule has 0 radical (unpaired) electrons. The van der Waals surface area contributed by atoms with Crippen molar-refractivity contribution in [2.24, 2.45) is 0 Å². The van der Waals surface area contributed by atoms with E-state index in [0.29, 0.717) is 0 Å². The highest BCUT2D eigenvalue weighted by Gasteiger charge is 2.06. The monoisotopic (exact) mass is 332 g/mol. The molecule has 0 aliphatic heterocycles. The van der Waals surface area contributed by atoms with Crippen LogP contribution in [0.15, 0.2) is 70.5 Å². The van der Waals surface area contributed by atoms with E-state index >= 15 is 0 Å². The van der Waals surface area contributed by atoms with E-state index in [4.69, 9.17) is 9.11 Å². The summed E-state index contributed by atoms with van der Waals surface area (Å²) in [4.78, 5) is -0.148. The molecule has 21 heavy (non-hydrogen) atoms. The zero-order valence-corrected chi connectivity index (χ0v) is 11.8. The maximum absolute atomic E-state index is 10.4. The van der Waals surface area contributed by atoms with Crippen molar-refractivity contribution in [3.05, 3.63) is 60.7 Å². The van der Waals surface area contributed by atoms with Crippen molar-refractivity contribution in [2.75, 3.05) is 0 Å². The Morgan fingerprint density at radius 1 is 0.571 bits per heavy atom. The highest BCUT2D eigenvalue weighted by atomic mass is 32.2. The zero-order valence-electron chi connectivity index (χ0n) is 10.1. The first-order valence-electron chi connectivity index (χ1n) is 5.26. The molecule has 0 aliphatic rings. The van der Waals surface area contributed by atoms with Crippen LogP contribution in [0.5, 0.6) is 0 Å². The summed E-state index contributed by atoms with van der Waals surface area (Å²) in [6.45, 7) is 0. The van der Waals surface area contributed by atoms with E-state index in [9.17, 15) is 16.8 Å². The summed E-state index contributed by atoms with van der Waals surface area (Å²) >= 11 is 0. The zero-order chi connectivity index (χ0) is 15.2. The molecule has 2 rings (SSSR count). The van der Waals surface area contributed by atoms with Crippen molar-refractivity contribution < 1.29 is 25.9 Å². The summed E-state index contributed by atoms with van der Waals surface area (Å²) in [5, 5.41) is 0. The largest absolute Gasteiger partial charge is 0.294 e. The molecule has 0 atom stereocenters. The fourth-order valence-electron chi connectivity index (χ4n) is 1.18. The Kier molecular flexibility index (Phi) is 7.23. The lowest BCUT2D eigenvalue weighted by Crippen LogP contribution is -1.96. The summed E-state index contributed by atoms with van der Waals surface area (Å²) < 4.78 is 58.5. The van der Waals surface area contributed by atoms with Gasteiger partial charge in [0.2, 0.25) is 0 Å². The number of hydrogen-bond acceptors (Lipinski definition) is 4. The van der Waals surface area contributed by atoms with Gasteiger partial charge < -0.3 is 0 Å². The SMILES string of the molecule is C.O=S(=O)(O)c1ccccc1.O=S(=O)(O)c1ccccc1. The quantitative estimate of drug-likeness (QED) is 0.818. The van der Waals surface area contributed by atoms with Crippen LogP contribution in [0.2, 0.25) is 0 Å². The van der Waals surface area contributed by atoms with E-state index in [0.717, 1.165) is 0 Å². The molecule has 0 amide bonds. The van der Waals surface area contributed by atoms with Gasteiger partial charge in [-0.3, -0.25) is 9.11 Å². The Hall–Kier alpha value is -1.74. The second kappa shape index (κ2) is 7.89. The Labute approximate surface area is 124 Å². The van der Waals surface area contributed by atoms with Crippen LogP contribution >= 0.6 is 0 Å². The van der Waals surface area contributed by atoms with Gasteiger partial charge in [-0.2, -0.15) is 16.8 Å². The number of benzene rings is 2. The third-order valence-corrected chi connectivity index (χ3v) is 3.82. The van der Waals surface area contributed by atoms with Gasteiger partial charge in [-0.05, 0) is 24.3 Å². The van der Waals surface area contributed by atoms with E-state index in [1.165, 1.54) is 24.3 Å². The molecular weight excluding hydrogens is 316 g/mol. The summed E-state index contributed by atoms with van der Waals surface area (Å²) in [5.41, 5.74) is 0. The second-order valence-electron chi connectivity index (χ2n) is 3.58. The summed E-state index contributed by atoms with van der Waals surface area (Å²) in [6.07, 6.45) is 0. The van der Waals surface area contributed by atoms with Crippen LogP contribution in [0.1, 0.15) is 7.43 Å². The maximum Gasteiger partial charge on any atom is 0.294 e. The van der Waals surface area contributed by atoms with E-state index in [-0.39, 0.29) is 17.2 Å². The maximum atomic E-state index is 10.4. The first-order chi connectivity index (χ1) is 9.21. The molecule has 2 N–H and O–H groups in total. The molecule has 0 unspecified atom stereocenters. The summed E-state index contributed by atoms with van der Waals surface area (Å²) in [5.74, 6) is 0. The summed E-state index contributed by atoms with van der Waals surface area (Å²) in [7, 11) is -8.01. The fourth-order valence-corrected chi connectivity index (χ4v) is 2.19. The molecule has 116 valence electrons. The van der Waals surface area contributed by atoms with Crippen LogP contribution in [0.25, 0.3) is 0 Å². The normalized spacial score (nSPS) is 10.8. The predicted molar refractivity (Wildman–Crippen MR) is 79.2 cm³/mol. The lowest BCUT2D eigenvalue weighted by molar-refractivity contribution is 0.481. The molecule has 0 bridgehead atoms. The smallest absolute Gasteiger partial charge is 0.282 e. The minimum absolute atomic E-state index is 0. The first kappa shape index (κ1) is 19.3. The van der Waals surface area contributed by atoms with E-state index in [1.54, 1.807) is 36.4 Å². The lowest BCUT2D eigenvalue weighted by atomic mass is 10.4. The Balaban J connectivity index is 0.000000364. The number of hydrogen-bond donors (Lipinski definition) is 2. The molecule has 0 saturated heterocycles. The van der Waals surface area contributed by atoms with Gasteiger partial charge in [-0.25, -0.2) is 0 Å². The minimum Gasteiger partial charge on any atom is -0.282 e. The highest BCUT2D eigenvalue weighted by Crippen LogP contribution is 2.05. The third kappa shape index (κ3) is 7.00. The van der Waals surface area contributed by atoms with Crippen LogP contribution in [0.4, 0.5) is 0 Å². The Bertz CT molecular complexity index is 670. The van der Waals surface area contributed by atoms with Crippen molar-refractivity contribution in [3.8, 4) is 0 Å². The first-order valence-corrected chi connectivity index (χ1v) is 8.14. The molecule has 0 fully saturated rings. The average molecular weight is 332 g/mol. The van der Waals surface area contributed by atoms with Crippen molar-refractivity contribution in [1.82, 2.24) is 0 Å². The van der Waals surface area contributed by atoms with Crippen LogP contribution in [-0.2, 0) is 20.2 Å². The second-order valence-corrected chi connectivity index (χ2v) is 6.42. The topological polar surface area (TPSA) is 109 Å². The van der Waals surface area contributed by atoms with Crippen molar-refractivity contribution >= 4 is 20.2 Å². The molecule has 0 aliphatic carbocycles. The van der Waals surface area contributed by atoms with Gasteiger partial charge in [-0.15, -0.1) is 0 Å². The lowest BCUT2D eigenvalue weighted by Gasteiger charge is -1.92. The van der Waals surface area contributed by atoms with Gasteiger partial charge in [0.25, 0.3) is 20.2 Å². The Morgan fingerprint density at radius 2 is 0.810 bits per heavy atom. The predicted octanol–water partition coefficient (Wildman–Crippen LogP) is 2.50. The molecule has 0 heterocycles. The van der Waals surface area contributed by atoms with Crippen LogP contribution in [0.3, 0.4) is 0 Å². The van der Waals surface area contributed by atoms with Crippen molar-refractivity contribution in [3.63, 3.8) is 0 Å².